The summed E-state index contributed by atoms with van der Waals surface area (Å²) in [6, 6.07) is 23.3. The van der Waals surface area contributed by atoms with Crippen LogP contribution in [-0.2, 0) is 6.54 Å². The van der Waals surface area contributed by atoms with Crippen LogP contribution in [0.5, 0.6) is 5.75 Å². The summed E-state index contributed by atoms with van der Waals surface area (Å²) >= 11 is 0. The molecule has 1 aromatic heterocycles. The Bertz CT molecular complexity index is 1090. The Balaban J connectivity index is 1.55. The highest BCUT2D eigenvalue weighted by molar-refractivity contribution is 5.80. The van der Waals surface area contributed by atoms with Crippen LogP contribution in [0.15, 0.2) is 66.7 Å². The van der Waals surface area contributed by atoms with Gasteiger partial charge in [0.25, 0.3) is 0 Å². The van der Waals surface area contributed by atoms with E-state index < -0.39 is 0 Å². The van der Waals surface area contributed by atoms with Gasteiger partial charge in [0.05, 0.1) is 17.6 Å². The molecular weight excluding hydrogens is 344 g/mol. The lowest BCUT2D eigenvalue weighted by atomic mass is 10.1. The van der Waals surface area contributed by atoms with Crippen LogP contribution in [0.2, 0.25) is 0 Å². The quantitative estimate of drug-likeness (QED) is 0.384. The molecule has 3 nitrogen and oxygen atoms in total. The van der Waals surface area contributed by atoms with Gasteiger partial charge in [-0.2, -0.15) is 0 Å². The van der Waals surface area contributed by atoms with Gasteiger partial charge in [0.1, 0.15) is 11.6 Å². The van der Waals surface area contributed by atoms with Crippen LogP contribution < -0.4 is 4.74 Å². The van der Waals surface area contributed by atoms with Gasteiger partial charge < -0.3 is 9.30 Å². The highest BCUT2D eigenvalue weighted by atomic mass is 16.5. The molecule has 0 spiro atoms. The van der Waals surface area contributed by atoms with Gasteiger partial charge in [0, 0.05) is 12.1 Å². The average molecular weight is 370 g/mol. The van der Waals surface area contributed by atoms with E-state index >= 15 is 0 Å². The molecule has 0 aliphatic rings. The monoisotopic (exact) mass is 370 g/mol. The van der Waals surface area contributed by atoms with Crippen LogP contribution in [0.25, 0.3) is 22.4 Å². The molecule has 1 heterocycles. The first-order valence-corrected chi connectivity index (χ1v) is 9.84. The van der Waals surface area contributed by atoms with Gasteiger partial charge >= 0.3 is 0 Å². The summed E-state index contributed by atoms with van der Waals surface area (Å²) < 4.78 is 8.37. The van der Waals surface area contributed by atoms with Gasteiger partial charge in [-0.25, -0.2) is 4.98 Å². The van der Waals surface area contributed by atoms with E-state index in [1.54, 1.807) is 0 Å². The Kier molecular flexibility index (Phi) is 5.16. The second kappa shape index (κ2) is 7.89. The van der Waals surface area contributed by atoms with Crippen molar-refractivity contribution >= 4 is 11.0 Å². The standard InChI is InChI=1S/C25H26N2O/c1-18-10-13-21(14-11-18)25-26-22-7-4-5-8-23(22)27(25)15-6-16-28-24-17-19(2)9-12-20(24)3/h4-5,7-14,17H,6,15-16H2,1-3H3. The van der Waals surface area contributed by atoms with Gasteiger partial charge in [0.2, 0.25) is 0 Å². The lowest BCUT2D eigenvalue weighted by Gasteiger charge is -2.12. The number of hydrogen-bond acceptors (Lipinski definition) is 2. The molecule has 142 valence electrons. The van der Waals surface area contributed by atoms with E-state index in [4.69, 9.17) is 9.72 Å². The number of nitrogens with zero attached hydrogens (tertiary/aromatic N) is 2. The second-order valence-electron chi connectivity index (χ2n) is 7.41. The van der Waals surface area contributed by atoms with Crippen LogP contribution in [-0.4, -0.2) is 16.2 Å². The molecule has 0 saturated carbocycles. The first-order chi connectivity index (χ1) is 13.6. The molecule has 0 atom stereocenters. The van der Waals surface area contributed by atoms with E-state index in [9.17, 15) is 0 Å². The molecule has 0 saturated heterocycles. The summed E-state index contributed by atoms with van der Waals surface area (Å²) in [7, 11) is 0. The van der Waals surface area contributed by atoms with Crippen molar-refractivity contribution in [1.29, 1.82) is 0 Å². The Morgan fingerprint density at radius 2 is 1.61 bits per heavy atom. The maximum atomic E-state index is 6.06. The summed E-state index contributed by atoms with van der Waals surface area (Å²) in [5.74, 6) is 2.00. The SMILES string of the molecule is Cc1ccc(-c2nc3ccccc3n2CCCOc2cc(C)ccc2C)cc1. The van der Waals surface area contributed by atoms with Crippen LogP contribution in [0, 0.1) is 20.8 Å². The second-order valence-corrected chi connectivity index (χ2v) is 7.41. The van der Waals surface area contributed by atoms with Crippen LogP contribution in [0.4, 0.5) is 0 Å². The number of benzene rings is 3. The third kappa shape index (κ3) is 3.79. The number of para-hydroxylation sites is 2. The van der Waals surface area contributed by atoms with Gasteiger partial charge in [0.15, 0.2) is 0 Å². The van der Waals surface area contributed by atoms with Gasteiger partial charge in [-0.1, -0.05) is 54.1 Å². The molecule has 4 aromatic rings. The lowest BCUT2D eigenvalue weighted by Crippen LogP contribution is -2.06. The molecule has 4 rings (SSSR count). The fraction of sp³-hybridized carbons (Fsp3) is 0.240. The first-order valence-electron chi connectivity index (χ1n) is 9.84. The summed E-state index contributed by atoms with van der Waals surface area (Å²) in [6.45, 7) is 7.85. The third-order valence-electron chi connectivity index (χ3n) is 5.09. The highest BCUT2D eigenvalue weighted by Gasteiger charge is 2.12. The molecule has 28 heavy (non-hydrogen) atoms. The zero-order valence-electron chi connectivity index (χ0n) is 16.8. The number of fused-ring (bicyclic) bond motifs is 1. The maximum absolute atomic E-state index is 6.06. The van der Waals surface area contributed by atoms with Crippen molar-refractivity contribution in [2.45, 2.75) is 33.7 Å². The van der Waals surface area contributed by atoms with E-state index in [0.717, 1.165) is 35.6 Å². The van der Waals surface area contributed by atoms with Crippen molar-refractivity contribution < 1.29 is 4.74 Å². The summed E-state index contributed by atoms with van der Waals surface area (Å²) in [6.07, 6.45) is 0.923. The Hall–Kier alpha value is -3.07. The van der Waals surface area contributed by atoms with E-state index in [1.807, 2.05) is 6.07 Å². The molecule has 3 heteroatoms. The number of ether oxygens (including phenoxy) is 1. The van der Waals surface area contributed by atoms with E-state index in [0.29, 0.717) is 6.61 Å². The van der Waals surface area contributed by atoms with Crippen LogP contribution >= 0.6 is 0 Å². The topological polar surface area (TPSA) is 27.1 Å². The number of aryl methyl sites for hydroxylation is 4. The van der Waals surface area contributed by atoms with Crippen molar-refractivity contribution in [2.24, 2.45) is 0 Å². The first kappa shape index (κ1) is 18.3. The number of rotatable bonds is 6. The van der Waals surface area contributed by atoms with Crippen molar-refractivity contribution in [3.63, 3.8) is 0 Å². The Morgan fingerprint density at radius 3 is 2.43 bits per heavy atom. The molecule has 0 aliphatic heterocycles. The van der Waals surface area contributed by atoms with Crippen molar-refractivity contribution in [3.8, 4) is 17.1 Å². The smallest absolute Gasteiger partial charge is 0.141 e. The molecular formula is C25H26N2O. The van der Waals surface area contributed by atoms with Crippen LogP contribution in [0.3, 0.4) is 0 Å². The molecule has 0 bridgehead atoms. The van der Waals surface area contributed by atoms with Crippen molar-refractivity contribution in [3.05, 3.63) is 83.4 Å². The largest absolute Gasteiger partial charge is 0.493 e. The average Bonchev–Trinajstić information content (AvgIpc) is 3.07. The molecule has 0 unspecified atom stereocenters. The molecule has 0 fully saturated rings. The zero-order chi connectivity index (χ0) is 19.5. The van der Waals surface area contributed by atoms with Crippen molar-refractivity contribution in [1.82, 2.24) is 9.55 Å². The lowest BCUT2D eigenvalue weighted by molar-refractivity contribution is 0.301. The number of aromatic nitrogens is 2. The molecule has 0 radical (unpaired) electrons. The fourth-order valence-corrected chi connectivity index (χ4v) is 3.49. The van der Waals surface area contributed by atoms with Gasteiger partial charge in [-0.05, 0) is 56.5 Å². The minimum absolute atomic E-state index is 0.685. The number of hydrogen-bond donors (Lipinski definition) is 0. The van der Waals surface area contributed by atoms with Crippen molar-refractivity contribution in [2.75, 3.05) is 6.61 Å². The third-order valence-corrected chi connectivity index (χ3v) is 5.09. The zero-order valence-corrected chi connectivity index (χ0v) is 16.8. The molecule has 0 aliphatic carbocycles. The Labute approximate surface area is 166 Å². The summed E-state index contributed by atoms with van der Waals surface area (Å²) in [4.78, 5) is 4.90. The molecule has 3 aromatic carbocycles. The normalized spacial score (nSPS) is 11.1. The van der Waals surface area contributed by atoms with E-state index in [2.05, 4.69) is 86.0 Å². The summed E-state index contributed by atoms with van der Waals surface area (Å²) in [5, 5.41) is 0. The van der Waals surface area contributed by atoms with E-state index in [1.165, 1.54) is 22.2 Å². The maximum Gasteiger partial charge on any atom is 0.141 e. The number of imidazole rings is 1. The highest BCUT2D eigenvalue weighted by Crippen LogP contribution is 2.26. The minimum Gasteiger partial charge on any atom is -0.493 e. The van der Waals surface area contributed by atoms with E-state index in [-0.39, 0.29) is 0 Å². The Morgan fingerprint density at radius 1 is 0.857 bits per heavy atom. The fourth-order valence-electron chi connectivity index (χ4n) is 3.49. The molecule has 0 N–H and O–H groups in total. The van der Waals surface area contributed by atoms with Gasteiger partial charge in [-0.15, -0.1) is 0 Å². The molecule has 0 amide bonds. The minimum atomic E-state index is 0.685. The predicted octanol–water partition coefficient (Wildman–Crippen LogP) is 6.10. The van der Waals surface area contributed by atoms with Gasteiger partial charge in [-0.3, -0.25) is 0 Å². The van der Waals surface area contributed by atoms with Crippen LogP contribution in [0.1, 0.15) is 23.1 Å². The summed E-state index contributed by atoms with van der Waals surface area (Å²) in [5.41, 5.74) is 7.02. The predicted molar refractivity (Wildman–Crippen MR) is 116 cm³/mol.